The molecule has 0 aromatic carbocycles. The van der Waals surface area contributed by atoms with Crippen molar-refractivity contribution >= 4 is 25.9 Å². The van der Waals surface area contributed by atoms with Crippen molar-refractivity contribution in [3.8, 4) is 0 Å². The van der Waals surface area contributed by atoms with E-state index in [2.05, 4.69) is 12.2 Å². The van der Waals surface area contributed by atoms with Crippen LogP contribution in [0.15, 0.2) is 0 Å². The van der Waals surface area contributed by atoms with Crippen molar-refractivity contribution in [1.82, 2.24) is 5.32 Å². The molecule has 0 aromatic heterocycles. The van der Waals surface area contributed by atoms with E-state index in [0.717, 1.165) is 19.4 Å². The predicted octanol–water partition coefficient (Wildman–Crippen LogP) is -0.187. The van der Waals surface area contributed by atoms with Gasteiger partial charge in [0.05, 0.1) is 50.7 Å². The quantitative estimate of drug-likeness (QED) is 0.442. The molecule has 0 aliphatic carbocycles. The number of unbranched alkanes of at least 4 members (excludes halogenated alkanes) is 1. The van der Waals surface area contributed by atoms with E-state index in [1.54, 1.807) is 0 Å². The Hall–Kier alpha value is -0.710. The van der Waals surface area contributed by atoms with Crippen molar-refractivity contribution in [1.29, 1.82) is 0 Å². The monoisotopic (exact) mass is 385 g/mol. The summed E-state index contributed by atoms with van der Waals surface area (Å²) in [5, 5.41) is 0.989. The zero-order valence-corrected chi connectivity index (χ0v) is 16.4. The number of carbonyl (C=O) groups is 1. The highest BCUT2D eigenvalue weighted by molar-refractivity contribution is 7.94. The van der Waals surface area contributed by atoms with Crippen LogP contribution < -0.4 is 5.32 Å². The van der Waals surface area contributed by atoms with Crippen molar-refractivity contribution in [3.05, 3.63) is 0 Å². The van der Waals surface area contributed by atoms with Gasteiger partial charge in [0.2, 0.25) is 5.91 Å². The van der Waals surface area contributed by atoms with Gasteiger partial charge in [0, 0.05) is 0 Å². The molecule has 1 amide bonds. The smallest absolute Gasteiger partial charge is 0.271 e. The van der Waals surface area contributed by atoms with Gasteiger partial charge in [0.25, 0.3) is 10.1 Å². The summed E-state index contributed by atoms with van der Waals surface area (Å²) < 4.78 is 56.5. The summed E-state index contributed by atoms with van der Waals surface area (Å²) in [5.74, 6) is -1.59. The van der Waals surface area contributed by atoms with Gasteiger partial charge in [-0.2, -0.15) is 8.42 Å². The topological polar surface area (TPSA) is 118 Å². The van der Waals surface area contributed by atoms with Crippen LogP contribution in [0.3, 0.4) is 0 Å². The standard InChI is InChI=1S/C14H28N2O6S2/c1-5-6-8-16(3,4)9-7-13(17)15-14(2)11-23(18,19)10-12(14)24(20,21)22/h12H,5-11H2,1-4H3,(H-,15,17,20,21,22)/p+1/t12-,14-/m1/s1. The summed E-state index contributed by atoms with van der Waals surface area (Å²) in [6, 6.07) is 0. The number of nitrogens with one attached hydrogen (secondary N) is 1. The molecule has 8 nitrogen and oxygen atoms in total. The number of sulfone groups is 1. The first-order chi connectivity index (χ1) is 10.7. The summed E-state index contributed by atoms with van der Waals surface area (Å²) >= 11 is 0. The van der Waals surface area contributed by atoms with E-state index in [-0.39, 0.29) is 6.42 Å². The third-order valence-corrected chi connectivity index (χ3v) is 7.98. The Kier molecular flexibility index (Phi) is 6.46. The largest absolute Gasteiger partial charge is 0.348 e. The van der Waals surface area contributed by atoms with Crippen LogP contribution in [0, 0.1) is 0 Å². The average molecular weight is 386 g/mol. The zero-order valence-electron chi connectivity index (χ0n) is 14.8. The van der Waals surface area contributed by atoms with Gasteiger partial charge in [0.1, 0.15) is 5.25 Å². The van der Waals surface area contributed by atoms with Crippen LogP contribution in [0.5, 0.6) is 0 Å². The van der Waals surface area contributed by atoms with E-state index in [0.29, 0.717) is 11.0 Å². The van der Waals surface area contributed by atoms with E-state index in [9.17, 15) is 26.2 Å². The lowest BCUT2D eigenvalue weighted by molar-refractivity contribution is -0.889. The number of hydrogen-bond acceptors (Lipinski definition) is 5. The second-order valence-corrected chi connectivity index (χ2v) is 11.2. The molecule has 1 aliphatic heterocycles. The number of amides is 1. The lowest BCUT2D eigenvalue weighted by Crippen LogP contribution is -2.57. The fourth-order valence-electron chi connectivity index (χ4n) is 3.04. The summed E-state index contributed by atoms with van der Waals surface area (Å²) in [7, 11) is -4.21. The van der Waals surface area contributed by atoms with Gasteiger partial charge in [-0.1, -0.05) is 13.3 Å². The van der Waals surface area contributed by atoms with E-state index in [1.165, 1.54) is 6.92 Å². The van der Waals surface area contributed by atoms with Gasteiger partial charge >= 0.3 is 0 Å². The normalized spacial score (nSPS) is 27.1. The summed E-state index contributed by atoms with van der Waals surface area (Å²) in [6.07, 6.45) is 2.25. The van der Waals surface area contributed by atoms with Crippen molar-refractivity contribution in [2.45, 2.75) is 43.9 Å². The lowest BCUT2D eigenvalue weighted by Gasteiger charge is -2.32. The van der Waals surface area contributed by atoms with Crippen LogP contribution >= 0.6 is 0 Å². The van der Waals surface area contributed by atoms with E-state index in [1.807, 2.05) is 14.1 Å². The highest BCUT2D eigenvalue weighted by Crippen LogP contribution is 2.29. The highest BCUT2D eigenvalue weighted by Gasteiger charge is 2.54. The fourth-order valence-corrected chi connectivity index (χ4v) is 7.39. The Morgan fingerprint density at radius 2 is 1.92 bits per heavy atom. The maximum absolute atomic E-state index is 12.2. The number of carbonyl (C=O) groups excluding carboxylic acids is 1. The van der Waals surface area contributed by atoms with Crippen molar-refractivity contribution in [3.63, 3.8) is 0 Å². The third-order valence-electron chi connectivity index (χ3n) is 4.48. The molecule has 0 spiro atoms. The van der Waals surface area contributed by atoms with Crippen LogP contribution in [0.4, 0.5) is 0 Å². The zero-order chi connectivity index (χ0) is 18.8. The Balaban J connectivity index is 2.77. The molecule has 2 N–H and O–H groups in total. The van der Waals surface area contributed by atoms with E-state index < -0.39 is 48.2 Å². The molecule has 2 atom stereocenters. The minimum Gasteiger partial charge on any atom is -0.348 e. The summed E-state index contributed by atoms with van der Waals surface area (Å²) in [5.41, 5.74) is -1.51. The van der Waals surface area contributed by atoms with Crippen molar-refractivity contribution < 1.29 is 30.7 Å². The van der Waals surface area contributed by atoms with Crippen molar-refractivity contribution in [2.75, 3.05) is 38.7 Å². The number of rotatable bonds is 8. The Bertz CT molecular complexity index is 671. The predicted molar refractivity (Wildman–Crippen MR) is 91.9 cm³/mol. The molecule has 10 heteroatoms. The third kappa shape index (κ3) is 5.98. The Labute approximate surface area is 144 Å². The van der Waals surface area contributed by atoms with Gasteiger partial charge in [-0.3, -0.25) is 9.35 Å². The number of quaternary nitrogens is 1. The van der Waals surface area contributed by atoms with Gasteiger partial charge in [-0.25, -0.2) is 8.42 Å². The first kappa shape index (κ1) is 21.3. The van der Waals surface area contributed by atoms with E-state index >= 15 is 0 Å². The Morgan fingerprint density at radius 3 is 2.42 bits per heavy atom. The molecule has 1 saturated heterocycles. The second-order valence-electron chi connectivity index (χ2n) is 7.51. The van der Waals surface area contributed by atoms with Crippen LogP contribution in [0.25, 0.3) is 0 Å². The van der Waals surface area contributed by atoms with E-state index in [4.69, 9.17) is 0 Å². The fraction of sp³-hybridized carbons (Fsp3) is 0.929. The van der Waals surface area contributed by atoms with Crippen LogP contribution in [0.1, 0.15) is 33.1 Å². The van der Waals surface area contributed by atoms with Crippen molar-refractivity contribution in [2.24, 2.45) is 0 Å². The average Bonchev–Trinajstić information content (AvgIpc) is 2.64. The first-order valence-electron chi connectivity index (χ1n) is 8.00. The molecule has 0 bridgehead atoms. The minimum atomic E-state index is -4.58. The van der Waals surface area contributed by atoms with Crippen LogP contribution in [-0.4, -0.2) is 81.3 Å². The molecule has 1 fully saturated rings. The molecule has 142 valence electrons. The lowest BCUT2D eigenvalue weighted by atomic mass is 10.0. The molecule has 0 unspecified atom stereocenters. The number of nitrogens with zero attached hydrogens (tertiary/aromatic N) is 1. The SMILES string of the molecule is CCCC[N+](C)(C)CCC(=O)N[C@]1(C)CS(=O)(=O)C[C@H]1S(=O)(=O)O. The molecule has 1 aliphatic rings. The molecule has 1 rings (SSSR count). The second kappa shape index (κ2) is 7.27. The molecular formula is C14H29N2O6S2+. The van der Waals surface area contributed by atoms with Gasteiger partial charge < -0.3 is 9.80 Å². The highest BCUT2D eigenvalue weighted by atomic mass is 32.2. The molecule has 0 aromatic rings. The van der Waals surface area contributed by atoms with Gasteiger partial charge in [0.15, 0.2) is 9.84 Å². The maximum Gasteiger partial charge on any atom is 0.271 e. The van der Waals surface area contributed by atoms with Crippen LogP contribution in [-0.2, 0) is 24.7 Å². The molecule has 24 heavy (non-hydrogen) atoms. The minimum absolute atomic E-state index is 0.157. The molecule has 1 heterocycles. The Morgan fingerprint density at radius 1 is 1.33 bits per heavy atom. The molecule has 0 radical (unpaired) electrons. The van der Waals surface area contributed by atoms with Gasteiger partial charge in [-0.15, -0.1) is 0 Å². The first-order valence-corrected chi connectivity index (χ1v) is 11.3. The maximum atomic E-state index is 12.2. The summed E-state index contributed by atoms with van der Waals surface area (Å²) in [6.45, 7) is 4.92. The molecule has 0 saturated carbocycles. The van der Waals surface area contributed by atoms with Crippen LogP contribution in [0.2, 0.25) is 0 Å². The summed E-state index contributed by atoms with van der Waals surface area (Å²) in [4.78, 5) is 12.2. The molecular weight excluding hydrogens is 356 g/mol. The van der Waals surface area contributed by atoms with Gasteiger partial charge in [-0.05, 0) is 13.3 Å². The number of hydrogen-bond donors (Lipinski definition) is 2.